The maximum atomic E-state index is 5.96. The van der Waals surface area contributed by atoms with Crippen LogP contribution in [0.15, 0.2) is 46.9 Å². The lowest BCUT2D eigenvalue weighted by atomic mass is 10.2. The second-order valence-electron chi connectivity index (χ2n) is 3.83. The summed E-state index contributed by atoms with van der Waals surface area (Å²) in [4.78, 5) is 0. The van der Waals surface area contributed by atoms with Crippen molar-refractivity contribution in [1.82, 2.24) is 0 Å². The first-order chi connectivity index (χ1) is 8.15. The topological polar surface area (TPSA) is 9.23 Å². The molecule has 0 atom stereocenters. The smallest absolute Gasteiger partial charge is 0.120 e. The summed E-state index contributed by atoms with van der Waals surface area (Å²) < 4.78 is 6.76. The summed E-state index contributed by atoms with van der Waals surface area (Å²) in [6, 6.07) is 13.8. The van der Waals surface area contributed by atoms with Gasteiger partial charge in [0.05, 0.1) is 0 Å². The predicted molar refractivity (Wildman–Crippen MR) is 74.7 cm³/mol. The van der Waals surface area contributed by atoms with Crippen molar-refractivity contribution < 1.29 is 4.74 Å². The highest BCUT2D eigenvalue weighted by atomic mass is 79.9. The lowest BCUT2D eigenvalue weighted by molar-refractivity contribution is 0.306. The van der Waals surface area contributed by atoms with Gasteiger partial charge >= 0.3 is 0 Å². The minimum Gasteiger partial charge on any atom is -0.489 e. The van der Waals surface area contributed by atoms with Crippen LogP contribution in [-0.2, 0) is 6.61 Å². The molecule has 17 heavy (non-hydrogen) atoms. The third-order valence-corrected chi connectivity index (χ3v) is 3.34. The predicted octanol–water partition coefficient (Wildman–Crippen LogP) is 4.99. The molecule has 0 radical (unpaired) electrons. The minimum atomic E-state index is 0.556. The number of aryl methyl sites for hydroxylation is 1. The summed E-state index contributed by atoms with van der Waals surface area (Å²) in [6.07, 6.45) is 0. The fourth-order valence-corrected chi connectivity index (χ4v) is 2.06. The normalized spacial score (nSPS) is 10.3. The van der Waals surface area contributed by atoms with Crippen LogP contribution in [0.3, 0.4) is 0 Å². The van der Waals surface area contributed by atoms with Gasteiger partial charge in [-0.05, 0) is 48.4 Å². The number of benzene rings is 2. The molecule has 0 amide bonds. The van der Waals surface area contributed by atoms with Crippen LogP contribution in [0.1, 0.15) is 11.1 Å². The van der Waals surface area contributed by atoms with E-state index in [-0.39, 0.29) is 0 Å². The Morgan fingerprint density at radius 3 is 2.71 bits per heavy atom. The van der Waals surface area contributed by atoms with Crippen LogP contribution in [0, 0.1) is 6.92 Å². The highest BCUT2D eigenvalue weighted by Gasteiger charge is 2.00. The maximum Gasteiger partial charge on any atom is 0.120 e. The second-order valence-corrected chi connectivity index (χ2v) is 5.15. The van der Waals surface area contributed by atoms with Gasteiger partial charge in [0.2, 0.25) is 0 Å². The Hall–Kier alpha value is -0.990. The molecule has 0 aromatic heterocycles. The van der Waals surface area contributed by atoms with E-state index in [1.54, 1.807) is 0 Å². The van der Waals surface area contributed by atoms with Crippen LogP contribution in [0.5, 0.6) is 5.75 Å². The van der Waals surface area contributed by atoms with Crippen molar-refractivity contribution >= 4 is 27.5 Å². The summed E-state index contributed by atoms with van der Waals surface area (Å²) in [5, 5.41) is 0.764. The zero-order valence-corrected chi connectivity index (χ0v) is 11.8. The second kappa shape index (κ2) is 5.56. The van der Waals surface area contributed by atoms with Gasteiger partial charge in [0.25, 0.3) is 0 Å². The molecule has 0 unspecified atom stereocenters. The Kier molecular flexibility index (Phi) is 4.08. The molecule has 0 bridgehead atoms. The summed E-state index contributed by atoms with van der Waals surface area (Å²) in [6.45, 7) is 2.52. The molecule has 3 heteroatoms. The number of halogens is 2. The molecule has 0 spiro atoms. The molecule has 1 nitrogen and oxygen atoms in total. The summed E-state index contributed by atoms with van der Waals surface area (Å²) in [5.41, 5.74) is 2.16. The van der Waals surface area contributed by atoms with Gasteiger partial charge in [-0.15, -0.1) is 0 Å². The van der Waals surface area contributed by atoms with Gasteiger partial charge in [-0.25, -0.2) is 0 Å². The van der Waals surface area contributed by atoms with Crippen LogP contribution >= 0.6 is 27.5 Å². The van der Waals surface area contributed by atoms with Gasteiger partial charge < -0.3 is 4.74 Å². The molecule has 0 heterocycles. The van der Waals surface area contributed by atoms with Crippen molar-refractivity contribution in [1.29, 1.82) is 0 Å². The molecule has 88 valence electrons. The lowest BCUT2D eigenvalue weighted by Crippen LogP contribution is -1.95. The molecule has 0 fully saturated rings. The van der Waals surface area contributed by atoms with E-state index in [0.29, 0.717) is 6.61 Å². The van der Waals surface area contributed by atoms with Gasteiger partial charge in [0.1, 0.15) is 12.4 Å². The maximum absolute atomic E-state index is 5.96. The van der Waals surface area contributed by atoms with Crippen LogP contribution in [-0.4, -0.2) is 0 Å². The summed E-state index contributed by atoms with van der Waals surface area (Å²) in [7, 11) is 0. The number of ether oxygens (including phenoxy) is 1. The van der Waals surface area contributed by atoms with E-state index in [1.165, 1.54) is 0 Å². The quantitative estimate of drug-likeness (QED) is 0.776. The molecule has 0 N–H and O–H groups in total. The lowest BCUT2D eigenvalue weighted by Gasteiger charge is -2.08. The van der Waals surface area contributed by atoms with Gasteiger partial charge in [-0.2, -0.15) is 0 Å². The van der Waals surface area contributed by atoms with E-state index in [4.69, 9.17) is 16.3 Å². The van der Waals surface area contributed by atoms with Crippen LogP contribution in [0.4, 0.5) is 0 Å². The summed E-state index contributed by atoms with van der Waals surface area (Å²) in [5.74, 6) is 0.840. The van der Waals surface area contributed by atoms with Gasteiger partial charge in [-0.1, -0.05) is 39.7 Å². The molecule has 0 aliphatic rings. The first-order valence-electron chi connectivity index (χ1n) is 5.28. The summed E-state index contributed by atoms with van der Waals surface area (Å²) >= 11 is 9.39. The molecular formula is C14H12BrClO. The molecular weight excluding hydrogens is 300 g/mol. The highest BCUT2D eigenvalue weighted by Crippen LogP contribution is 2.22. The molecule has 0 aliphatic carbocycles. The Labute approximate surface area is 115 Å². The SMILES string of the molecule is Cc1cc(OCc2cccc(Br)c2)ccc1Cl. The van der Waals surface area contributed by atoms with Crippen molar-refractivity contribution in [2.75, 3.05) is 0 Å². The van der Waals surface area contributed by atoms with Gasteiger partial charge in [-0.3, -0.25) is 0 Å². The van der Waals surface area contributed by atoms with Crippen LogP contribution in [0.25, 0.3) is 0 Å². The molecule has 0 aliphatic heterocycles. The van der Waals surface area contributed by atoms with Crippen molar-refractivity contribution in [2.45, 2.75) is 13.5 Å². The van der Waals surface area contributed by atoms with Crippen molar-refractivity contribution in [3.05, 3.63) is 63.1 Å². The average molecular weight is 312 g/mol. The number of hydrogen-bond acceptors (Lipinski definition) is 1. The zero-order valence-electron chi connectivity index (χ0n) is 9.41. The van der Waals surface area contributed by atoms with E-state index in [1.807, 2.05) is 49.4 Å². The average Bonchev–Trinajstić information content (AvgIpc) is 2.31. The van der Waals surface area contributed by atoms with Crippen LogP contribution in [0.2, 0.25) is 5.02 Å². The Morgan fingerprint density at radius 2 is 2.00 bits per heavy atom. The van der Waals surface area contributed by atoms with Crippen molar-refractivity contribution in [3.63, 3.8) is 0 Å². The van der Waals surface area contributed by atoms with Crippen LogP contribution < -0.4 is 4.74 Å². The van der Waals surface area contributed by atoms with Crippen molar-refractivity contribution in [2.24, 2.45) is 0 Å². The standard InChI is InChI=1S/C14H12BrClO/c1-10-7-13(5-6-14(10)16)17-9-11-3-2-4-12(15)8-11/h2-8H,9H2,1H3. The monoisotopic (exact) mass is 310 g/mol. The molecule has 2 aromatic rings. The number of hydrogen-bond donors (Lipinski definition) is 0. The first-order valence-corrected chi connectivity index (χ1v) is 6.45. The van der Waals surface area contributed by atoms with E-state index in [0.717, 1.165) is 26.4 Å². The van der Waals surface area contributed by atoms with E-state index in [2.05, 4.69) is 15.9 Å². The molecule has 0 saturated carbocycles. The van der Waals surface area contributed by atoms with Crippen molar-refractivity contribution in [3.8, 4) is 5.75 Å². The highest BCUT2D eigenvalue weighted by molar-refractivity contribution is 9.10. The third-order valence-electron chi connectivity index (χ3n) is 2.42. The fraction of sp³-hybridized carbons (Fsp3) is 0.143. The fourth-order valence-electron chi connectivity index (χ4n) is 1.50. The third kappa shape index (κ3) is 3.48. The molecule has 2 rings (SSSR count). The van der Waals surface area contributed by atoms with E-state index < -0.39 is 0 Å². The van der Waals surface area contributed by atoms with E-state index in [9.17, 15) is 0 Å². The number of rotatable bonds is 3. The Bertz CT molecular complexity index is 525. The largest absolute Gasteiger partial charge is 0.489 e. The Morgan fingerprint density at radius 1 is 1.18 bits per heavy atom. The van der Waals surface area contributed by atoms with Gasteiger partial charge in [0.15, 0.2) is 0 Å². The zero-order chi connectivity index (χ0) is 12.3. The molecule has 2 aromatic carbocycles. The Balaban J connectivity index is 2.05. The first kappa shape index (κ1) is 12.5. The minimum absolute atomic E-state index is 0.556. The van der Waals surface area contributed by atoms with E-state index >= 15 is 0 Å². The van der Waals surface area contributed by atoms with Gasteiger partial charge in [0, 0.05) is 9.50 Å². The molecule has 0 saturated heterocycles.